The first-order valence-electron chi connectivity index (χ1n) is 6.06. The van der Waals surface area contributed by atoms with Crippen LogP contribution in [0.15, 0.2) is 55.6 Å². The van der Waals surface area contributed by atoms with E-state index in [0.717, 1.165) is 18.9 Å². The Morgan fingerprint density at radius 3 is 2.24 bits per heavy atom. The summed E-state index contributed by atoms with van der Waals surface area (Å²) in [5, 5.41) is 1.48. The molecule has 1 fully saturated rings. The molecule has 0 N–H and O–H groups in total. The summed E-state index contributed by atoms with van der Waals surface area (Å²) in [6.07, 6.45) is 7.95. The van der Waals surface area contributed by atoms with Gasteiger partial charge in [-0.15, -0.1) is 0 Å². The molecule has 0 spiro atoms. The molecular weight excluding hydrogens is 227 g/mol. The first-order valence-corrected chi connectivity index (χ1v) is 8.40. The van der Waals surface area contributed by atoms with E-state index in [9.17, 15) is 0 Å². The fourth-order valence-corrected chi connectivity index (χ4v) is 6.20. The van der Waals surface area contributed by atoms with Gasteiger partial charge in [0, 0.05) is 0 Å². The van der Waals surface area contributed by atoms with Gasteiger partial charge in [0.15, 0.2) is 0 Å². The molecule has 0 saturated carbocycles. The van der Waals surface area contributed by atoms with Gasteiger partial charge in [-0.05, 0) is 12.1 Å². The van der Waals surface area contributed by atoms with Crippen molar-refractivity contribution in [1.29, 1.82) is 0 Å². The minimum Gasteiger partial charge on any atom is -0.369 e. The van der Waals surface area contributed by atoms with Crippen LogP contribution in [0.5, 0.6) is 0 Å². The van der Waals surface area contributed by atoms with Gasteiger partial charge in [-0.1, -0.05) is 43.5 Å². The Kier molecular flexibility index (Phi) is 4.15. The molecule has 0 amide bonds. The molecule has 1 atom stereocenters. The highest BCUT2D eigenvalue weighted by Crippen LogP contribution is 2.59. The van der Waals surface area contributed by atoms with Gasteiger partial charge in [-0.3, -0.25) is 0 Å². The van der Waals surface area contributed by atoms with Crippen LogP contribution < -0.4 is 5.30 Å². The first kappa shape index (κ1) is 12.5. The second kappa shape index (κ2) is 5.62. The van der Waals surface area contributed by atoms with Crippen LogP contribution in [-0.2, 0) is 4.74 Å². The summed E-state index contributed by atoms with van der Waals surface area (Å²) in [5.74, 6) is 0. The number of rotatable bonds is 7. The van der Waals surface area contributed by atoms with Gasteiger partial charge in [0.05, 0.1) is 37.7 Å². The van der Waals surface area contributed by atoms with E-state index in [1.807, 2.05) is 0 Å². The number of epoxide rings is 1. The molecule has 1 aromatic rings. The van der Waals surface area contributed by atoms with Crippen molar-refractivity contribution in [2.45, 2.75) is 6.10 Å². The molecule has 17 heavy (non-hydrogen) atoms. The lowest BCUT2D eigenvalue weighted by Gasteiger charge is -2.24. The van der Waals surface area contributed by atoms with Gasteiger partial charge in [-0.2, -0.15) is 0 Å². The van der Waals surface area contributed by atoms with Crippen LogP contribution >= 0.6 is 7.26 Å². The second-order valence-corrected chi connectivity index (χ2v) is 8.46. The van der Waals surface area contributed by atoms with Crippen LogP contribution in [-0.4, -0.2) is 31.2 Å². The van der Waals surface area contributed by atoms with E-state index in [2.05, 4.69) is 55.6 Å². The minimum absolute atomic E-state index is 0.475. The summed E-state index contributed by atoms with van der Waals surface area (Å²) in [6, 6.07) is 10.8. The monoisotopic (exact) mass is 247 g/mol. The fraction of sp³-hybridized carbons (Fsp3) is 0.333. The molecule has 90 valence electrons. The molecule has 1 saturated heterocycles. The lowest BCUT2D eigenvalue weighted by molar-refractivity contribution is 0.425. The predicted octanol–water partition coefficient (Wildman–Crippen LogP) is 3.10. The van der Waals surface area contributed by atoms with Crippen molar-refractivity contribution in [3.05, 3.63) is 55.6 Å². The van der Waals surface area contributed by atoms with Gasteiger partial charge in [0.25, 0.3) is 0 Å². The lowest BCUT2D eigenvalue weighted by Crippen LogP contribution is -2.21. The van der Waals surface area contributed by atoms with Crippen LogP contribution in [0.3, 0.4) is 0 Å². The quantitative estimate of drug-likeness (QED) is 0.410. The third-order valence-electron chi connectivity index (χ3n) is 3.22. The summed E-state index contributed by atoms with van der Waals surface area (Å²) < 4.78 is 5.44. The Bertz CT molecular complexity index is 371. The fourth-order valence-electron chi connectivity index (χ4n) is 2.34. The Hall–Kier alpha value is -0.910. The minimum atomic E-state index is -1.20. The Morgan fingerprint density at radius 2 is 1.76 bits per heavy atom. The molecule has 1 heterocycles. The van der Waals surface area contributed by atoms with Crippen molar-refractivity contribution in [3.63, 3.8) is 0 Å². The van der Waals surface area contributed by atoms with Crippen molar-refractivity contribution in [2.24, 2.45) is 0 Å². The van der Waals surface area contributed by atoms with E-state index < -0.39 is 7.26 Å². The summed E-state index contributed by atoms with van der Waals surface area (Å²) in [4.78, 5) is 0. The van der Waals surface area contributed by atoms with E-state index in [1.54, 1.807) is 0 Å². The van der Waals surface area contributed by atoms with Gasteiger partial charge in [-0.25, -0.2) is 0 Å². The van der Waals surface area contributed by atoms with E-state index in [4.69, 9.17) is 4.74 Å². The van der Waals surface area contributed by atoms with Crippen molar-refractivity contribution < 1.29 is 4.74 Å². The van der Waals surface area contributed by atoms with E-state index in [1.165, 1.54) is 11.5 Å². The van der Waals surface area contributed by atoms with Crippen LogP contribution in [0.25, 0.3) is 0 Å². The number of hydrogen-bond acceptors (Lipinski definition) is 1. The number of benzene rings is 1. The largest absolute Gasteiger partial charge is 0.369 e. The Balaban J connectivity index is 2.30. The van der Waals surface area contributed by atoms with Crippen molar-refractivity contribution in [2.75, 3.05) is 25.1 Å². The zero-order chi connectivity index (χ0) is 12.1. The molecule has 1 nitrogen and oxygen atoms in total. The zero-order valence-electron chi connectivity index (χ0n) is 10.2. The molecule has 1 aliphatic heterocycles. The van der Waals surface area contributed by atoms with Crippen molar-refractivity contribution >= 4 is 12.6 Å². The number of allylic oxidation sites excluding steroid dienone is 2. The second-order valence-electron chi connectivity index (χ2n) is 4.56. The maximum atomic E-state index is 5.44. The molecule has 1 aliphatic rings. The lowest BCUT2D eigenvalue weighted by atomic mass is 10.4. The average molecular weight is 247 g/mol. The highest BCUT2D eigenvalue weighted by atomic mass is 31.2. The molecule has 0 aliphatic carbocycles. The average Bonchev–Trinajstić information content (AvgIpc) is 3.15. The van der Waals surface area contributed by atoms with E-state index >= 15 is 0 Å². The Labute approximate surface area is 105 Å². The third kappa shape index (κ3) is 3.06. The van der Waals surface area contributed by atoms with E-state index in [-0.39, 0.29) is 0 Å². The summed E-state index contributed by atoms with van der Waals surface area (Å²) in [7, 11) is -1.20. The predicted molar refractivity (Wildman–Crippen MR) is 77.7 cm³/mol. The van der Waals surface area contributed by atoms with Crippen molar-refractivity contribution in [3.8, 4) is 0 Å². The molecular formula is C15H20OP+. The summed E-state index contributed by atoms with van der Waals surface area (Å²) in [5.41, 5.74) is 0. The van der Waals surface area contributed by atoms with Crippen LogP contribution in [0.2, 0.25) is 0 Å². The highest BCUT2D eigenvalue weighted by molar-refractivity contribution is 7.83. The highest BCUT2D eigenvalue weighted by Gasteiger charge is 2.44. The third-order valence-corrected chi connectivity index (χ3v) is 7.63. The summed E-state index contributed by atoms with van der Waals surface area (Å²) >= 11 is 0. The molecule has 2 heteroatoms. The molecule has 0 aromatic heterocycles. The Morgan fingerprint density at radius 1 is 1.18 bits per heavy atom. The number of ether oxygens (including phenoxy) is 1. The van der Waals surface area contributed by atoms with E-state index in [0.29, 0.717) is 6.10 Å². The van der Waals surface area contributed by atoms with Gasteiger partial charge in [0.2, 0.25) is 0 Å². The van der Waals surface area contributed by atoms with Crippen LogP contribution in [0.4, 0.5) is 0 Å². The maximum Gasteiger partial charge on any atom is 0.115 e. The SMILES string of the molecule is C=CC[P+](CC=C)(CC1CO1)c1ccccc1. The first-order chi connectivity index (χ1) is 8.30. The van der Waals surface area contributed by atoms with Gasteiger partial charge in [0.1, 0.15) is 6.10 Å². The normalized spacial score (nSPS) is 18.7. The summed E-state index contributed by atoms with van der Waals surface area (Å²) in [6.45, 7) is 8.80. The molecule has 0 radical (unpaired) electrons. The van der Waals surface area contributed by atoms with Crippen LogP contribution in [0, 0.1) is 0 Å². The maximum absolute atomic E-state index is 5.44. The van der Waals surface area contributed by atoms with Crippen LogP contribution in [0.1, 0.15) is 0 Å². The molecule has 1 aromatic carbocycles. The smallest absolute Gasteiger partial charge is 0.115 e. The molecule has 2 rings (SSSR count). The zero-order valence-corrected chi connectivity index (χ0v) is 11.1. The molecule has 1 unspecified atom stereocenters. The van der Waals surface area contributed by atoms with Crippen molar-refractivity contribution in [1.82, 2.24) is 0 Å². The number of hydrogen-bond donors (Lipinski definition) is 0. The topological polar surface area (TPSA) is 12.5 Å². The standard InChI is InChI=1S/C15H20OP/c1-3-10-17(11-4-2,13-14-12-16-14)15-8-6-5-7-9-15/h3-9,14H,1-2,10-13H2/q+1. The van der Waals surface area contributed by atoms with Gasteiger partial charge >= 0.3 is 0 Å². The van der Waals surface area contributed by atoms with Gasteiger partial charge < -0.3 is 4.74 Å². The molecule has 0 bridgehead atoms.